The van der Waals surface area contributed by atoms with Crippen LogP contribution in [0.25, 0.3) is 34.8 Å². The lowest BCUT2D eigenvalue weighted by Gasteiger charge is -2.46. The predicted molar refractivity (Wildman–Crippen MR) is 252 cm³/mol. The van der Waals surface area contributed by atoms with E-state index in [0.717, 1.165) is 24.3 Å². The molecule has 3 saturated heterocycles. The highest BCUT2D eigenvalue weighted by molar-refractivity contribution is 5.87. The molecule has 0 bridgehead atoms. The van der Waals surface area contributed by atoms with E-state index >= 15 is 0 Å². The summed E-state index contributed by atoms with van der Waals surface area (Å²) in [5.41, 5.74) is 0.405. The van der Waals surface area contributed by atoms with E-state index in [1.807, 2.05) is 0 Å². The van der Waals surface area contributed by atoms with Crippen molar-refractivity contribution in [2.24, 2.45) is 0 Å². The number of hydrogen-bond acceptors (Lipinski definition) is 24. The third-order valence-corrected chi connectivity index (χ3v) is 12.2. The lowest BCUT2D eigenvalue weighted by molar-refractivity contribution is -0.358. The van der Waals surface area contributed by atoms with Gasteiger partial charge in [-0.2, -0.15) is 0 Å². The average Bonchev–Trinajstić information content (AvgIpc) is 3.40. The zero-order valence-corrected chi connectivity index (χ0v) is 39.0. The van der Waals surface area contributed by atoms with Gasteiger partial charge in [0.1, 0.15) is 109 Å². The van der Waals surface area contributed by atoms with Crippen molar-refractivity contribution >= 4 is 24.1 Å². The SMILES string of the molecule is O=C(C=Cc1ccc(O)cc1)OC[C@H]1O[C@@H](O[C@H]2[C@H](Oc3cc4c(O[C@@H]5O[C@H](CO)[C@@H](O)[C@H](O)[C@H]5O)cc(=O)cc-4oc3-c3ccc(O)cc3)O[C@H](COC(=O)C=Cc3ccc(O)cc3)[C@@H](O)[C@@H]2O)[C@H](O)[C@@H](O)[C@@H]1O. The molecule has 4 aliphatic heterocycles. The first kappa shape index (κ1) is 54.3. The minimum absolute atomic E-state index is 0.00716. The van der Waals surface area contributed by atoms with Gasteiger partial charge in [-0.1, -0.05) is 24.3 Å². The first-order chi connectivity index (χ1) is 35.9. The van der Waals surface area contributed by atoms with Crippen molar-refractivity contribution in [2.75, 3.05) is 19.8 Å². The van der Waals surface area contributed by atoms with Crippen molar-refractivity contribution in [2.45, 2.75) is 92.1 Å². The van der Waals surface area contributed by atoms with Crippen molar-refractivity contribution in [3.63, 3.8) is 0 Å². The van der Waals surface area contributed by atoms with Gasteiger partial charge < -0.3 is 104 Å². The van der Waals surface area contributed by atoms with E-state index in [0.29, 0.717) is 11.1 Å². The molecule has 1 aliphatic carbocycles. The maximum atomic E-state index is 13.1. The Hall–Kier alpha value is -7.01. The Labute approximate surface area is 424 Å². The number of phenolic OH excluding ortho intramolecular Hbond substituents is 3. The second kappa shape index (κ2) is 23.7. The number of carbonyl (C=O) groups is 2. The number of phenols is 3. The van der Waals surface area contributed by atoms with Crippen molar-refractivity contribution in [3.8, 4) is 51.4 Å². The summed E-state index contributed by atoms with van der Waals surface area (Å²) in [6, 6.07) is 20.2. The number of aliphatic hydroxyl groups is 9. The quantitative estimate of drug-likeness (QED) is 0.0427. The maximum absolute atomic E-state index is 13.1. The largest absolute Gasteiger partial charge is 0.508 e. The average molecular weight is 1050 g/mol. The molecule has 75 heavy (non-hydrogen) atoms. The van der Waals surface area contributed by atoms with E-state index in [1.165, 1.54) is 91.0 Å². The number of benzene rings is 4. The standard InChI is InChI=1S/C51H52O24/c52-20-34-39(59)42(62)45(65)49(72-34)70-32-18-29(56)17-31-30(32)19-33(47(69-31)25-7-13-28(55)14-8-25)71-51-48(44(64)41(61)36(74-51)22-68-38(58)16-6-24-3-11-27(54)12-4-24)75-50-46(66)43(63)40(60)35(73-50)21-67-37(57)15-5-23-1-9-26(53)10-2-23/h1-19,34-36,39-46,48-55,59-66H,20-22H2/t34-,35-,36-,39-,40-,41-,42+,43+,44+,45-,46-,48-,49-,50+,51-/m1/s1. The van der Waals surface area contributed by atoms with Crippen LogP contribution in [0.4, 0.5) is 0 Å². The molecule has 3 aromatic rings. The molecular weight excluding hydrogens is 997 g/mol. The molecule has 5 aliphatic rings. The number of ether oxygens (including phenoxy) is 8. The summed E-state index contributed by atoms with van der Waals surface area (Å²) < 4.78 is 52.6. The lowest BCUT2D eigenvalue weighted by Crippen LogP contribution is -2.65. The highest BCUT2D eigenvalue weighted by Gasteiger charge is 2.52. The first-order valence-corrected chi connectivity index (χ1v) is 23.1. The van der Waals surface area contributed by atoms with Gasteiger partial charge in [0.2, 0.25) is 12.6 Å². The van der Waals surface area contributed by atoms with Gasteiger partial charge in [0.25, 0.3) is 0 Å². The van der Waals surface area contributed by atoms with Crippen LogP contribution in [0.2, 0.25) is 0 Å². The van der Waals surface area contributed by atoms with Gasteiger partial charge in [-0.25, -0.2) is 9.59 Å². The van der Waals surface area contributed by atoms with Crippen molar-refractivity contribution in [3.05, 3.63) is 124 Å². The number of hydrogen-bond donors (Lipinski definition) is 12. The summed E-state index contributed by atoms with van der Waals surface area (Å²) in [7, 11) is 0. The fourth-order valence-corrected chi connectivity index (χ4v) is 8.10. The van der Waals surface area contributed by atoms with Crippen LogP contribution >= 0.6 is 0 Å². The van der Waals surface area contributed by atoms with Crippen LogP contribution < -0.4 is 14.9 Å². The third kappa shape index (κ3) is 12.7. The second-order valence-corrected chi connectivity index (χ2v) is 17.5. The number of rotatable bonds is 16. The highest BCUT2D eigenvalue weighted by atomic mass is 16.8. The topological polar surface area (TPSA) is 381 Å². The summed E-state index contributed by atoms with van der Waals surface area (Å²) in [6.45, 7) is -2.28. The van der Waals surface area contributed by atoms with E-state index in [9.17, 15) is 75.7 Å². The van der Waals surface area contributed by atoms with Gasteiger partial charge in [-0.15, -0.1) is 0 Å². The number of aromatic hydroxyl groups is 3. The molecule has 3 fully saturated rings. The Kier molecular flexibility index (Phi) is 17.1. The summed E-state index contributed by atoms with van der Waals surface area (Å²) in [6.07, 6.45) is -23.3. The minimum Gasteiger partial charge on any atom is -0.508 e. The van der Waals surface area contributed by atoms with Crippen LogP contribution in [-0.4, -0.2) is 185 Å². The Balaban J connectivity index is 1.12. The van der Waals surface area contributed by atoms with Crippen LogP contribution in [-0.2, 0) is 38.0 Å². The van der Waals surface area contributed by atoms with Gasteiger partial charge in [0.05, 0.1) is 12.2 Å². The van der Waals surface area contributed by atoms with E-state index < -0.39 is 129 Å². The number of esters is 2. The van der Waals surface area contributed by atoms with Crippen molar-refractivity contribution in [1.82, 2.24) is 0 Å². The van der Waals surface area contributed by atoms with Gasteiger partial charge in [-0.3, -0.25) is 4.79 Å². The number of aliphatic hydroxyl groups excluding tert-OH is 9. The van der Waals surface area contributed by atoms with Crippen LogP contribution in [0.3, 0.4) is 0 Å². The van der Waals surface area contributed by atoms with E-state index in [4.69, 9.17) is 42.3 Å². The van der Waals surface area contributed by atoms with E-state index in [2.05, 4.69) is 0 Å². The monoisotopic (exact) mass is 1050 g/mol. The van der Waals surface area contributed by atoms with Gasteiger partial charge in [-0.05, 0) is 77.9 Å². The fraction of sp³-hybridized carbons (Fsp3) is 0.353. The molecule has 0 saturated carbocycles. The molecule has 0 unspecified atom stereocenters. The molecule has 15 atom stereocenters. The molecule has 0 spiro atoms. The summed E-state index contributed by atoms with van der Waals surface area (Å²) in [5.74, 6) is -3.16. The summed E-state index contributed by atoms with van der Waals surface area (Å²) >= 11 is 0. The molecule has 3 aromatic carbocycles. The van der Waals surface area contributed by atoms with Gasteiger partial charge >= 0.3 is 11.9 Å². The molecule has 12 N–H and O–H groups in total. The Morgan fingerprint density at radius 1 is 0.520 bits per heavy atom. The Bertz CT molecular complexity index is 2810. The summed E-state index contributed by atoms with van der Waals surface area (Å²) in [5, 5.41) is 127. The van der Waals surface area contributed by atoms with Crippen LogP contribution in [0.5, 0.6) is 28.7 Å². The van der Waals surface area contributed by atoms with Crippen LogP contribution in [0, 0.1) is 0 Å². The molecule has 4 heterocycles. The smallest absolute Gasteiger partial charge is 0.330 e. The molecule has 0 aromatic heterocycles. The van der Waals surface area contributed by atoms with Crippen LogP contribution in [0.15, 0.2) is 112 Å². The van der Waals surface area contributed by atoms with E-state index in [-0.39, 0.29) is 51.4 Å². The molecule has 24 nitrogen and oxygen atoms in total. The molecule has 0 radical (unpaired) electrons. The zero-order valence-electron chi connectivity index (χ0n) is 39.0. The Morgan fingerprint density at radius 2 is 0.987 bits per heavy atom. The van der Waals surface area contributed by atoms with E-state index in [1.54, 1.807) is 0 Å². The lowest BCUT2D eigenvalue weighted by atomic mass is 9.97. The fourth-order valence-electron chi connectivity index (χ4n) is 8.10. The van der Waals surface area contributed by atoms with Crippen molar-refractivity contribution in [1.29, 1.82) is 0 Å². The Morgan fingerprint density at radius 3 is 1.53 bits per heavy atom. The molecule has 0 amide bonds. The number of carbonyl (C=O) groups excluding carboxylic acids is 2. The summed E-state index contributed by atoms with van der Waals surface area (Å²) in [4.78, 5) is 38.7. The molecule has 8 rings (SSSR count). The molecular formula is C51H52O24. The van der Waals surface area contributed by atoms with Crippen LogP contribution in [0.1, 0.15) is 11.1 Å². The predicted octanol–water partition coefficient (Wildman–Crippen LogP) is -0.761. The highest BCUT2D eigenvalue weighted by Crippen LogP contribution is 2.43. The van der Waals surface area contributed by atoms with Gasteiger partial charge in [0.15, 0.2) is 29.3 Å². The first-order valence-electron chi connectivity index (χ1n) is 23.1. The van der Waals surface area contributed by atoms with Crippen molar-refractivity contribution < 1.29 is 113 Å². The molecule has 24 heteroatoms. The molecule has 400 valence electrons. The zero-order chi connectivity index (χ0) is 53.7. The second-order valence-electron chi connectivity index (χ2n) is 17.5. The third-order valence-electron chi connectivity index (χ3n) is 12.2. The van der Waals surface area contributed by atoms with Gasteiger partial charge in [0, 0.05) is 29.8 Å². The number of fused-ring (bicyclic) bond motifs is 1. The minimum atomic E-state index is -2.11. The maximum Gasteiger partial charge on any atom is 0.330 e. The normalized spacial score (nSPS) is 30.1.